The van der Waals surface area contributed by atoms with Crippen molar-refractivity contribution >= 4 is 11.8 Å². The topological polar surface area (TPSA) is 38.5 Å². The lowest BCUT2D eigenvalue weighted by atomic mass is 9.95. The number of ether oxygens (including phenoxy) is 1. The maximum atomic E-state index is 5.99. The molecule has 16 heavy (non-hydrogen) atoms. The van der Waals surface area contributed by atoms with Crippen molar-refractivity contribution in [3.8, 4) is 0 Å². The summed E-state index contributed by atoms with van der Waals surface area (Å²) in [7, 11) is 0. The molecule has 0 bridgehead atoms. The van der Waals surface area contributed by atoms with Gasteiger partial charge in [-0.15, -0.1) is 0 Å². The van der Waals surface area contributed by atoms with Gasteiger partial charge < -0.3 is 10.5 Å². The van der Waals surface area contributed by atoms with Gasteiger partial charge in [-0.3, -0.25) is 4.90 Å². The number of rotatable bonds is 3. The monoisotopic (exact) mass is 244 g/mol. The third-order valence-corrected chi connectivity index (χ3v) is 5.45. The quantitative estimate of drug-likeness (QED) is 0.809. The average Bonchev–Trinajstić information content (AvgIpc) is 2.79. The molecule has 4 atom stereocenters. The molecular weight excluding hydrogens is 220 g/mol. The Labute approximate surface area is 103 Å². The molecule has 2 N–H and O–H groups in total. The Kier molecular flexibility index (Phi) is 4.53. The van der Waals surface area contributed by atoms with E-state index in [0.29, 0.717) is 18.0 Å². The van der Waals surface area contributed by atoms with Crippen LogP contribution in [0, 0.1) is 5.92 Å². The molecule has 4 heteroatoms. The minimum absolute atomic E-state index is 0.529. The Bertz CT molecular complexity index is 219. The summed E-state index contributed by atoms with van der Waals surface area (Å²) in [5, 5.41) is 0.727. The molecule has 2 aliphatic rings. The molecule has 0 aromatic heterocycles. The van der Waals surface area contributed by atoms with Crippen molar-refractivity contribution in [3.05, 3.63) is 0 Å². The molecule has 0 aliphatic carbocycles. The van der Waals surface area contributed by atoms with Crippen LogP contribution in [0.25, 0.3) is 0 Å². The van der Waals surface area contributed by atoms with Crippen LogP contribution in [-0.2, 0) is 4.74 Å². The molecule has 2 heterocycles. The van der Waals surface area contributed by atoms with Crippen LogP contribution in [0.15, 0.2) is 0 Å². The summed E-state index contributed by atoms with van der Waals surface area (Å²) in [6.07, 6.45) is 1.19. The van der Waals surface area contributed by atoms with Crippen molar-refractivity contribution in [2.24, 2.45) is 11.7 Å². The van der Waals surface area contributed by atoms with Gasteiger partial charge in [0, 0.05) is 48.7 Å². The molecule has 0 aromatic carbocycles. The summed E-state index contributed by atoms with van der Waals surface area (Å²) in [5.41, 5.74) is 5.99. The van der Waals surface area contributed by atoms with E-state index in [9.17, 15) is 0 Å². The number of hydrogen-bond acceptors (Lipinski definition) is 4. The fourth-order valence-corrected chi connectivity index (χ4v) is 4.00. The van der Waals surface area contributed by atoms with Gasteiger partial charge in [0.15, 0.2) is 0 Å². The van der Waals surface area contributed by atoms with Gasteiger partial charge in [-0.25, -0.2) is 0 Å². The molecule has 2 aliphatic heterocycles. The fraction of sp³-hybridized carbons (Fsp3) is 1.00. The van der Waals surface area contributed by atoms with E-state index in [1.807, 2.05) is 0 Å². The first-order valence-corrected chi connectivity index (χ1v) is 7.44. The number of nitrogens with zero attached hydrogens (tertiary/aromatic N) is 1. The Balaban J connectivity index is 2.01. The summed E-state index contributed by atoms with van der Waals surface area (Å²) in [6, 6.07) is 1.17. The summed E-state index contributed by atoms with van der Waals surface area (Å²) in [6.45, 7) is 8.47. The summed E-state index contributed by atoms with van der Waals surface area (Å²) in [4.78, 5) is 2.63. The molecule has 2 saturated heterocycles. The van der Waals surface area contributed by atoms with Gasteiger partial charge in [-0.05, 0) is 13.3 Å². The van der Waals surface area contributed by atoms with Gasteiger partial charge in [0.2, 0.25) is 0 Å². The largest absolute Gasteiger partial charge is 0.381 e. The van der Waals surface area contributed by atoms with E-state index in [0.717, 1.165) is 25.0 Å². The molecule has 0 saturated carbocycles. The van der Waals surface area contributed by atoms with Crippen molar-refractivity contribution in [1.29, 1.82) is 0 Å². The molecule has 4 unspecified atom stereocenters. The van der Waals surface area contributed by atoms with E-state index < -0.39 is 0 Å². The SMILES string of the molecule is CC1SCCN(C(CN)C2CCOC2)C1C. The Hall–Kier alpha value is 0.230. The van der Waals surface area contributed by atoms with Gasteiger partial charge in [-0.2, -0.15) is 11.8 Å². The van der Waals surface area contributed by atoms with Crippen LogP contribution in [-0.4, -0.2) is 54.3 Å². The van der Waals surface area contributed by atoms with Gasteiger partial charge >= 0.3 is 0 Å². The second-order valence-corrected chi connectivity index (χ2v) is 6.47. The molecule has 0 aromatic rings. The first kappa shape index (κ1) is 12.7. The molecular formula is C12H24N2OS. The van der Waals surface area contributed by atoms with Crippen molar-refractivity contribution < 1.29 is 4.74 Å². The van der Waals surface area contributed by atoms with Crippen LogP contribution in [0.2, 0.25) is 0 Å². The molecule has 0 spiro atoms. The zero-order valence-corrected chi connectivity index (χ0v) is 11.2. The standard InChI is InChI=1S/C12H24N2OS/c1-9-10(2)16-6-4-14(9)12(7-13)11-3-5-15-8-11/h9-12H,3-8,13H2,1-2H3. The van der Waals surface area contributed by atoms with E-state index in [4.69, 9.17) is 10.5 Å². The Morgan fingerprint density at radius 2 is 2.31 bits per heavy atom. The Morgan fingerprint density at radius 3 is 2.94 bits per heavy atom. The van der Waals surface area contributed by atoms with Gasteiger partial charge in [0.1, 0.15) is 0 Å². The Morgan fingerprint density at radius 1 is 1.50 bits per heavy atom. The normalized spacial score (nSPS) is 38.8. The first-order chi connectivity index (χ1) is 7.74. The van der Waals surface area contributed by atoms with Gasteiger partial charge in [-0.1, -0.05) is 6.92 Å². The predicted octanol–water partition coefficient (Wildman–Crippen LogP) is 1.18. The van der Waals surface area contributed by atoms with Crippen molar-refractivity contribution in [3.63, 3.8) is 0 Å². The zero-order chi connectivity index (χ0) is 11.5. The van der Waals surface area contributed by atoms with Crippen molar-refractivity contribution in [2.75, 3.05) is 32.1 Å². The lowest BCUT2D eigenvalue weighted by Gasteiger charge is -2.44. The summed E-state index contributed by atoms with van der Waals surface area (Å²) in [5.74, 6) is 1.90. The van der Waals surface area contributed by atoms with Crippen LogP contribution in [0.4, 0.5) is 0 Å². The fourth-order valence-electron chi connectivity index (χ4n) is 2.88. The lowest BCUT2D eigenvalue weighted by molar-refractivity contribution is 0.0933. The summed E-state index contributed by atoms with van der Waals surface area (Å²) < 4.78 is 5.51. The van der Waals surface area contributed by atoms with Crippen LogP contribution in [0.5, 0.6) is 0 Å². The average molecular weight is 244 g/mol. The van der Waals surface area contributed by atoms with E-state index in [1.165, 1.54) is 18.7 Å². The minimum atomic E-state index is 0.529. The zero-order valence-electron chi connectivity index (χ0n) is 10.4. The maximum absolute atomic E-state index is 5.99. The number of thioether (sulfide) groups is 1. The van der Waals surface area contributed by atoms with Crippen LogP contribution in [0.1, 0.15) is 20.3 Å². The molecule has 0 amide bonds. The highest BCUT2D eigenvalue weighted by molar-refractivity contribution is 8.00. The second-order valence-electron chi connectivity index (χ2n) is 4.98. The molecule has 3 nitrogen and oxygen atoms in total. The van der Waals surface area contributed by atoms with E-state index >= 15 is 0 Å². The number of hydrogen-bond donors (Lipinski definition) is 1. The van der Waals surface area contributed by atoms with Crippen LogP contribution in [0.3, 0.4) is 0 Å². The molecule has 94 valence electrons. The second kappa shape index (κ2) is 5.71. The maximum Gasteiger partial charge on any atom is 0.0510 e. The third kappa shape index (κ3) is 2.55. The van der Waals surface area contributed by atoms with Crippen molar-refractivity contribution in [2.45, 2.75) is 37.6 Å². The highest BCUT2D eigenvalue weighted by atomic mass is 32.2. The molecule has 0 radical (unpaired) electrons. The molecule has 2 rings (SSSR count). The van der Waals surface area contributed by atoms with Crippen LogP contribution < -0.4 is 5.73 Å². The van der Waals surface area contributed by atoms with Crippen LogP contribution >= 0.6 is 11.8 Å². The van der Waals surface area contributed by atoms with Gasteiger partial charge in [0.25, 0.3) is 0 Å². The van der Waals surface area contributed by atoms with E-state index in [-0.39, 0.29) is 0 Å². The predicted molar refractivity (Wildman–Crippen MR) is 69.9 cm³/mol. The summed E-state index contributed by atoms with van der Waals surface area (Å²) >= 11 is 2.09. The minimum Gasteiger partial charge on any atom is -0.381 e. The third-order valence-electron chi connectivity index (χ3n) is 4.11. The van der Waals surface area contributed by atoms with Gasteiger partial charge in [0.05, 0.1) is 6.61 Å². The molecule has 2 fully saturated rings. The van der Waals surface area contributed by atoms with E-state index in [1.54, 1.807) is 0 Å². The highest BCUT2D eigenvalue weighted by Crippen LogP contribution is 2.30. The van der Waals surface area contributed by atoms with Crippen molar-refractivity contribution in [1.82, 2.24) is 4.90 Å². The van der Waals surface area contributed by atoms with E-state index in [2.05, 4.69) is 30.5 Å². The number of nitrogens with two attached hydrogens (primary N) is 1. The lowest BCUT2D eigenvalue weighted by Crippen LogP contribution is -2.55. The highest BCUT2D eigenvalue weighted by Gasteiger charge is 2.35. The smallest absolute Gasteiger partial charge is 0.0510 e. The first-order valence-electron chi connectivity index (χ1n) is 6.39.